The third kappa shape index (κ3) is 4.38. The first-order valence-corrected chi connectivity index (χ1v) is 6.06. The number of hydrogen-bond acceptors (Lipinski definition) is 6. The van der Waals surface area contributed by atoms with Gasteiger partial charge < -0.3 is 31.5 Å². The number of rotatable bonds is 10. The monoisotopic (exact) mass is 284 g/mol. The standard InChI is InChI=1S/C14H24N2O4/c1-5-9(17)12(15)11(7-3)20-14(19,8-4)13(16)10(18)6-2/h5-13,17-19H,1-4,15-16H2. The molecule has 20 heavy (non-hydrogen) atoms. The van der Waals surface area contributed by atoms with Crippen molar-refractivity contribution in [2.75, 3.05) is 0 Å². The van der Waals surface area contributed by atoms with Gasteiger partial charge >= 0.3 is 0 Å². The Balaban J connectivity index is 5.16. The van der Waals surface area contributed by atoms with Crippen LogP contribution in [0.2, 0.25) is 0 Å². The second-order valence-electron chi connectivity index (χ2n) is 4.33. The molecule has 0 aromatic heterocycles. The van der Waals surface area contributed by atoms with E-state index < -0.39 is 36.2 Å². The molecule has 0 aliphatic carbocycles. The molecule has 0 rings (SSSR count). The van der Waals surface area contributed by atoms with E-state index in [9.17, 15) is 15.3 Å². The van der Waals surface area contributed by atoms with Gasteiger partial charge in [0.2, 0.25) is 5.79 Å². The summed E-state index contributed by atoms with van der Waals surface area (Å²) in [7, 11) is 0. The maximum absolute atomic E-state index is 10.3. The highest BCUT2D eigenvalue weighted by Gasteiger charge is 2.39. The van der Waals surface area contributed by atoms with E-state index >= 15 is 0 Å². The van der Waals surface area contributed by atoms with Crippen LogP contribution in [0.1, 0.15) is 0 Å². The molecule has 6 heteroatoms. The largest absolute Gasteiger partial charge is 0.387 e. The second kappa shape index (κ2) is 8.11. The van der Waals surface area contributed by atoms with E-state index in [1.165, 1.54) is 12.2 Å². The summed E-state index contributed by atoms with van der Waals surface area (Å²) in [5.41, 5.74) is 11.5. The Morgan fingerprint density at radius 2 is 1.45 bits per heavy atom. The molecular weight excluding hydrogens is 260 g/mol. The molecule has 0 aliphatic heterocycles. The minimum Gasteiger partial charge on any atom is -0.387 e. The number of aliphatic hydroxyl groups is 3. The fourth-order valence-electron chi connectivity index (χ4n) is 1.51. The average molecular weight is 284 g/mol. The van der Waals surface area contributed by atoms with E-state index in [0.717, 1.165) is 12.2 Å². The quantitative estimate of drug-likeness (QED) is 0.264. The van der Waals surface area contributed by atoms with Gasteiger partial charge in [-0.1, -0.05) is 24.8 Å². The highest BCUT2D eigenvalue weighted by molar-refractivity contribution is 5.07. The van der Waals surface area contributed by atoms with Crippen LogP contribution < -0.4 is 11.5 Å². The van der Waals surface area contributed by atoms with Gasteiger partial charge in [-0.15, -0.1) is 19.7 Å². The van der Waals surface area contributed by atoms with Crippen LogP contribution in [0.25, 0.3) is 0 Å². The first kappa shape index (κ1) is 18.7. The maximum atomic E-state index is 10.3. The zero-order chi connectivity index (χ0) is 15.9. The lowest BCUT2D eigenvalue weighted by Gasteiger charge is -2.37. The lowest BCUT2D eigenvalue weighted by molar-refractivity contribution is -0.214. The van der Waals surface area contributed by atoms with Crippen LogP contribution in [0.3, 0.4) is 0 Å². The van der Waals surface area contributed by atoms with Gasteiger partial charge in [-0.3, -0.25) is 0 Å². The van der Waals surface area contributed by atoms with Gasteiger partial charge in [-0.05, 0) is 6.08 Å². The van der Waals surface area contributed by atoms with Crippen molar-refractivity contribution in [3.05, 3.63) is 50.6 Å². The Kier molecular flexibility index (Phi) is 7.59. The maximum Gasteiger partial charge on any atom is 0.204 e. The first-order chi connectivity index (χ1) is 9.27. The van der Waals surface area contributed by atoms with Crippen LogP contribution in [-0.4, -0.2) is 51.5 Å². The smallest absolute Gasteiger partial charge is 0.204 e. The van der Waals surface area contributed by atoms with Crippen molar-refractivity contribution < 1.29 is 20.1 Å². The van der Waals surface area contributed by atoms with Gasteiger partial charge in [0.25, 0.3) is 0 Å². The molecule has 0 aromatic carbocycles. The van der Waals surface area contributed by atoms with Crippen molar-refractivity contribution in [3.8, 4) is 0 Å². The molecule has 0 fully saturated rings. The molecule has 0 bridgehead atoms. The molecule has 0 spiro atoms. The first-order valence-electron chi connectivity index (χ1n) is 6.06. The summed E-state index contributed by atoms with van der Waals surface area (Å²) in [6, 6.07) is -2.14. The van der Waals surface area contributed by atoms with Gasteiger partial charge in [-0.2, -0.15) is 0 Å². The molecule has 0 saturated heterocycles. The van der Waals surface area contributed by atoms with E-state index in [4.69, 9.17) is 16.2 Å². The van der Waals surface area contributed by atoms with Crippen LogP contribution in [0, 0.1) is 0 Å². The third-order valence-electron chi connectivity index (χ3n) is 2.95. The van der Waals surface area contributed by atoms with Crippen molar-refractivity contribution >= 4 is 0 Å². The van der Waals surface area contributed by atoms with Crippen molar-refractivity contribution in [1.82, 2.24) is 0 Å². The van der Waals surface area contributed by atoms with Crippen LogP contribution in [0.5, 0.6) is 0 Å². The molecule has 114 valence electrons. The molecule has 0 amide bonds. The molecule has 6 nitrogen and oxygen atoms in total. The summed E-state index contributed by atoms with van der Waals surface area (Å²) in [4.78, 5) is 0. The molecule has 7 N–H and O–H groups in total. The minimum absolute atomic E-state index is 0.912. The summed E-state index contributed by atoms with van der Waals surface area (Å²) in [6.45, 7) is 13.7. The molecule has 0 aliphatic rings. The molecular formula is C14H24N2O4. The van der Waals surface area contributed by atoms with Gasteiger partial charge in [0.1, 0.15) is 0 Å². The predicted octanol–water partition coefficient (Wildman–Crippen LogP) is -0.819. The van der Waals surface area contributed by atoms with E-state index in [2.05, 4.69) is 26.3 Å². The highest BCUT2D eigenvalue weighted by atomic mass is 16.6. The summed E-state index contributed by atoms with van der Waals surface area (Å²) in [5.74, 6) is -2.06. The number of aliphatic hydroxyl groups excluding tert-OH is 2. The fraction of sp³-hybridized carbons (Fsp3) is 0.429. The Morgan fingerprint density at radius 1 is 0.950 bits per heavy atom. The lowest BCUT2D eigenvalue weighted by atomic mass is 10.00. The normalized spacial score (nSPS) is 21.6. The van der Waals surface area contributed by atoms with Crippen LogP contribution >= 0.6 is 0 Å². The van der Waals surface area contributed by atoms with Gasteiger partial charge in [0, 0.05) is 0 Å². The van der Waals surface area contributed by atoms with Crippen molar-refractivity contribution in [2.45, 2.75) is 36.2 Å². The van der Waals surface area contributed by atoms with E-state index in [1.807, 2.05) is 0 Å². The zero-order valence-corrected chi connectivity index (χ0v) is 11.4. The van der Waals surface area contributed by atoms with Crippen molar-refractivity contribution in [2.24, 2.45) is 11.5 Å². The minimum atomic E-state index is -2.06. The summed E-state index contributed by atoms with van der Waals surface area (Å²) in [5, 5.41) is 29.5. The Bertz CT molecular complexity index is 361. The number of nitrogens with two attached hydrogens (primary N) is 2. The SMILES string of the molecule is C=CC(O)C(N)C(C=C)OC(O)(C=C)C(N)C(O)C=C. The summed E-state index contributed by atoms with van der Waals surface area (Å²) in [6.07, 6.45) is 1.51. The second-order valence-corrected chi connectivity index (χ2v) is 4.33. The lowest BCUT2D eigenvalue weighted by Crippen LogP contribution is -2.58. The topological polar surface area (TPSA) is 122 Å². The Hall–Kier alpha value is -1.28. The van der Waals surface area contributed by atoms with E-state index in [0.29, 0.717) is 0 Å². The van der Waals surface area contributed by atoms with Crippen LogP contribution in [-0.2, 0) is 4.74 Å². The van der Waals surface area contributed by atoms with Crippen molar-refractivity contribution in [1.29, 1.82) is 0 Å². The molecule has 6 unspecified atom stereocenters. The number of ether oxygens (including phenoxy) is 1. The molecule has 0 saturated carbocycles. The average Bonchev–Trinajstić information content (AvgIpc) is 2.48. The summed E-state index contributed by atoms with van der Waals surface area (Å²) < 4.78 is 5.36. The highest BCUT2D eigenvalue weighted by Crippen LogP contribution is 2.21. The van der Waals surface area contributed by atoms with Gasteiger partial charge in [-0.25, -0.2) is 0 Å². The van der Waals surface area contributed by atoms with Gasteiger partial charge in [0.15, 0.2) is 0 Å². The predicted molar refractivity (Wildman–Crippen MR) is 78.6 cm³/mol. The number of hydrogen-bond donors (Lipinski definition) is 5. The molecule has 0 radical (unpaired) electrons. The molecule has 6 atom stereocenters. The van der Waals surface area contributed by atoms with Crippen LogP contribution in [0.15, 0.2) is 50.6 Å². The summed E-state index contributed by atoms with van der Waals surface area (Å²) >= 11 is 0. The van der Waals surface area contributed by atoms with Crippen LogP contribution in [0.4, 0.5) is 0 Å². The van der Waals surface area contributed by atoms with Gasteiger partial charge in [0.05, 0.1) is 30.4 Å². The third-order valence-corrected chi connectivity index (χ3v) is 2.95. The fourth-order valence-corrected chi connectivity index (χ4v) is 1.51. The molecule has 0 heterocycles. The zero-order valence-electron chi connectivity index (χ0n) is 11.4. The molecule has 0 aromatic rings. The van der Waals surface area contributed by atoms with E-state index in [1.54, 1.807) is 0 Å². The Labute approximate surface area is 119 Å². The Morgan fingerprint density at radius 3 is 1.80 bits per heavy atom. The van der Waals surface area contributed by atoms with Crippen molar-refractivity contribution in [3.63, 3.8) is 0 Å². The van der Waals surface area contributed by atoms with E-state index in [-0.39, 0.29) is 0 Å².